The van der Waals surface area contributed by atoms with Gasteiger partial charge in [-0.3, -0.25) is 9.36 Å². The van der Waals surface area contributed by atoms with Gasteiger partial charge in [0.25, 0.3) is 0 Å². The number of halogens is 2. The van der Waals surface area contributed by atoms with Crippen molar-refractivity contribution in [1.29, 1.82) is 0 Å². The average molecular weight is 375 g/mol. The molecule has 1 aromatic heterocycles. The molecule has 26 heavy (non-hydrogen) atoms. The number of carbonyl (C=O) groups is 1. The molecule has 0 aliphatic rings. The van der Waals surface area contributed by atoms with E-state index in [2.05, 4.69) is 14.9 Å². The summed E-state index contributed by atoms with van der Waals surface area (Å²) in [7, 11) is 0. The molecule has 5 nitrogen and oxygen atoms in total. The van der Waals surface area contributed by atoms with Crippen LogP contribution in [-0.2, 0) is 0 Å². The van der Waals surface area contributed by atoms with Crippen LogP contribution in [0.5, 0.6) is 5.75 Å². The molecule has 134 valence electrons. The van der Waals surface area contributed by atoms with Crippen molar-refractivity contribution in [2.24, 2.45) is 0 Å². The summed E-state index contributed by atoms with van der Waals surface area (Å²) in [5, 5.41) is 8.16. The van der Waals surface area contributed by atoms with Crippen molar-refractivity contribution in [1.82, 2.24) is 14.8 Å². The Morgan fingerprint density at radius 3 is 2.46 bits per heavy atom. The third kappa shape index (κ3) is 4.26. The van der Waals surface area contributed by atoms with E-state index in [1.807, 2.05) is 30.3 Å². The molecule has 0 saturated heterocycles. The molecule has 0 saturated carbocycles. The van der Waals surface area contributed by atoms with E-state index in [9.17, 15) is 13.6 Å². The largest absolute Gasteiger partial charge is 0.435 e. The smallest absolute Gasteiger partial charge is 0.387 e. The molecule has 0 amide bonds. The maximum atomic E-state index is 12.6. The van der Waals surface area contributed by atoms with Gasteiger partial charge in [-0.05, 0) is 43.3 Å². The number of hydrogen-bond donors (Lipinski definition) is 0. The van der Waals surface area contributed by atoms with Gasteiger partial charge in [0.15, 0.2) is 10.9 Å². The zero-order chi connectivity index (χ0) is 18.5. The lowest BCUT2D eigenvalue weighted by molar-refractivity contribution is -0.0498. The van der Waals surface area contributed by atoms with Crippen molar-refractivity contribution in [2.75, 3.05) is 0 Å². The maximum Gasteiger partial charge on any atom is 0.387 e. The van der Waals surface area contributed by atoms with Crippen LogP contribution in [0.25, 0.3) is 5.69 Å². The standard InChI is InChI=1S/C18H15F2N3O2S/c1-12(16(24)13-7-9-15(10-8-13)25-17(19)20)26-18-22-21-11-23(18)14-5-3-2-4-6-14/h2-12,17H,1H3/t12-/m1/s1. The van der Waals surface area contributed by atoms with E-state index in [0.717, 1.165) is 5.69 Å². The van der Waals surface area contributed by atoms with Crippen molar-refractivity contribution in [3.63, 3.8) is 0 Å². The van der Waals surface area contributed by atoms with Crippen molar-refractivity contribution >= 4 is 17.5 Å². The molecule has 0 radical (unpaired) electrons. The first kappa shape index (κ1) is 18.1. The third-order valence-electron chi connectivity index (χ3n) is 3.57. The number of Topliss-reactive ketones (excluding diaryl/α,β-unsaturated/α-hetero) is 1. The molecular weight excluding hydrogens is 360 g/mol. The van der Waals surface area contributed by atoms with Gasteiger partial charge < -0.3 is 4.74 Å². The van der Waals surface area contributed by atoms with Crippen molar-refractivity contribution in [3.05, 3.63) is 66.5 Å². The molecule has 0 spiro atoms. The van der Waals surface area contributed by atoms with Crippen LogP contribution in [0.15, 0.2) is 66.1 Å². The molecule has 3 rings (SSSR count). The first-order chi connectivity index (χ1) is 12.5. The molecule has 0 fully saturated rings. The minimum atomic E-state index is -2.89. The lowest BCUT2D eigenvalue weighted by Gasteiger charge is -2.12. The minimum absolute atomic E-state index is 0.0145. The van der Waals surface area contributed by atoms with E-state index < -0.39 is 11.9 Å². The van der Waals surface area contributed by atoms with Crippen LogP contribution < -0.4 is 4.74 Å². The van der Waals surface area contributed by atoms with Gasteiger partial charge >= 0.3 is 6.61 Å². The second-order valence-electron chi connectivity index (χ2n) is 5.35. The number of ether oxygens (including phenoxy) is 1. The fraction of sp³-hybridized carbons (Fsp3) is 0.167. The molecule has 3 aromatic rings. The molecule has 0 unspecified atom stereocenters. The first-order valence-corrected chi connectivity index (χ1v) is 8.64. The van der Waals surface area contributed by atoms with Gasteiger partial charge in [-0.2, -0.15) is 8.78 Å². The number of nitrogens with zero attached hydrogens (tertiary/aromatic N) is 3. The number of benzene rings is 2. The van der Waals surface area contributed by atoms with E-state index in [-0.39, 0.29) is 11.5 Å². The summed E-state index contributed by atoms with van der Waals surface area (Å²) in [6.07, 6.45) is 1.59. The van der Waals surface area contributed by atoms with Crippen molar-refractivity contribution < 1.29 is 18.3 Å². The molecule has 0 aliphatic carbocycles. The molecule has 1 atom stereocenters. The summed E-state index contributed by atoms with van der Waals surface area (Å²) in [5.74, 6) is -0.123. The first-order valence-electron chi connectivity index (χ1n) is 7.76. The lowest BCUT2D eigenvalue weighted by atomic mass is 10.1. The van der Waals surface area contributed by atoms with E-state index in [0.29, 0.717) is 10.7 Å². The summed E-state index contributed by atoms with van der Waals surface area (Å²) >= 11 is 1.28. The van der Waals surface area contributed by atoms with E-state index in [1.54, 1.807) is 17.8 Å². The number of rotatable bonds is 7. The Kier molecular flexibility index (Phi) is 5.62. The van der Waals surface area contributed by atoms with E-state index in [1.165, 1.54) is 36.0 Å². The molecule has 2 aromatic carbocycles. The van der Waals surface area contributed by atoms with E-state index >= 15 is 0 Å². The summed E-state index contributed by atoms with van der Waals surface area (Å²) in [4.78, 5) is 12.6. The van der Waals surface area contributed by atoms with E-state index in [4.69, 9.17) is 0 Å². The molecule has 0 aliphatic heterocycles. The number of para-hydroxylation sites is 1. The van der Waals surface area contributed by atoms with Gasteiger partial charge in [0, 0.05) is 11.3 Å². The lowest BCUT2D eigenvalue weighted by Crippen LogP contribution is -2.14. The Bertz CT molecular complexity index is 870. The Morgan fingerprint density at radius 1 is 1.12 bits per heavy atom. The fourth-order valence-corrected chi connectivity index (χ4v) is 3.24. The summed E-state index contributed by atoms with van der Waals surface area (Å²) in [6, 6.07) is 15.2. The Balaban J connectivity index is 1.71. The number of carbonyl (C=O) groups excluding carboxylic acids is 1. The Labute approximate surface area is 153 Å². The number of thioether (sulfide) groups is 1. The summed E-state index contributed by atoms with van der Waals surface area (Å²) in [5.41, 5.74) is 1.31. The van der Waals surface area contributed by atoms with Crippen molar-refractivity contribution in [3.8, 4) is 11.4 Å². The van der Waals surface area contributed by atoms with Crippen LogP contribution >= 0.6 is 11.8 Å². The number of hydrogen-bond acceptors (Lipinski definition) is 5. The predicted molar refractivity (Wildman–Crippen MR) is 94.1 cm³/mol. The maximum absolute atomic E-state index is 12.6. The predicted octanol–water partition coefficient (Wildman–Crippen LogP) is 4.23. The van der Waals surface area contributed by atoms with Gasteiger partial charge in [-0.1, -0.05) is 30.0 Å². The summed E-state index contributed by atoms with van der Waals surface area (Å²) < 4.78 is 30.5. The number of alkyl halides is 2. The van der Waals surface area contributed by atoms with Gasteiger partial charge in [0.2, 0.25) is 0 Å². The normalized spacial score (nSPS) is 12.2. The van der Waals surface area contributed by atoms with Crippen molar-refractivity contribution in [2.45, 2.75) is 23.9 Å². The molecule has 1 heterocycles. The highest BCUT2D eigenvalue weighted by molar-refractivity contribution is 8.00. The van der Waals surface area contributed by atoms with Gasteiger partial charge in [0.1, 0.15) is 12.1 Å². The fourth-order valence-electron chi connectivity index (χ4n) is 2.32. The zero-order valence-corrected chi connectivity index (χ0v) is 14.6. The molecule has 0 bridgehead atoms. The molecule has 0 N–H and O–H groups in total. The Hall–Kier alpha value is -2.74. The number of aromatic nitrogens is 3. The van der Waals surface area contributed by atoms with Gasteiger partial charge in [0.05, 0.1) is 5.25 Å². The van der Waals surface area contributed by atoms with Crippen LogP contribution in [-0.4, -0.2) is 32.4 Å². The van der Waals surface area contributed by atoms with Gasteiger partial charge in [-0.15, -0.1) is 10.2 Å². The van der Waals surface area contributed by atoms with Crippen LogP contribution in [0.1, 0.15) is 17.3 Å². The third-order valence-corrected chi connectivity index (χ3v) is 4.62. The average Bonchev–Trinajstić information content (AvgIpc) is 3.10. The van der Waals surface area contributed by atoms with Crippen LogP contribution in [0, 0.1) is 0 Å². The highest BCUT2D eigenvalue weighted by Gasteiger charge is 2.20. The van der Waals surface area contributed by atoms with Crippen LogP contribution in [0.4, 0.5) is 8.78 Å². The van der Waals surface area contributed by atoms with Gasteiger partial charge in [-0.25, -0.2) is 0 Å². The Morgan fingerprint density at radius 2 is 1.81 bits per heavy atom. The minimum Gasteiger partial charge on any atom is -0.435 e. The molecule has 8 heteroatoms. The monoisotopic (exact) mass is 375 g/mol. The second-order valence-corrected chi connectivity index (χ2v) is 6.65. The zero-order valence-electron chi connectivity index (χ0n) is 13.8. The SMILES string of the molecule is C[C@@H](Sc1nncn1-c1ccccc1)C(=O)c1ccc(OC(F)F)cc1. The topological polar surface area (TPSA) is 57.0 Å². The molecular formula is C18H15F2N3O2S. The summed E-state index contributed by atoms with van der Waals surface area (Å²) in [6.45, 7) is -1.13. The highest BCUT2D eigenvalue weighted by atomic mass is 32.2. The van der Waals surface area contributed by atoms with Crippen LogP contribution in [0.3, 0.4) is 0 Å². The number of ketones is 1. The van der Waals surface area contributed by atoms with Crippen LogP contribution in [0.2, 0.25) is 0 Å². The highest BCUT2D eigenvalue weighted by Crippen LogP contribution is 2.26. The second kappa shape index (κ2) is 8.09. The quantitative estimate of drug-likeness (QED) is 0.457.